The van der Waals surface area contributed by atoms with Crippen molar-refractivity contribution in [3.05, 3.63) is 29.8 Å². The van der Waals surface area contributed by atoms with Gasteiger partial charge in [0, 0.05) is 23.9 Å². The van der Waals surface area contributed by atoms with Gasteiger partial charge >= 0.3 is 0 Å². The van der Waals surface area contributed by atoms with Crippen LogP contribution in [0.2, 0.25) is 0 Å². The largest absolute Gasteiger partial charge is 0.375 e. The van der Waals surface area contributed by atoms with E-state index in [0.29, 0.717) is 17.9 Å². The van der Waals surface area contributed by atoms with Gasteiger partial charge in [0.2, 0.25) is 0 Å². The molecule has 1 heterocycles. The van der Waals surface area contributed by atoms with E-state index in [-0.39, 0.29) is 0 Å². The molecule has 1 aliphatic rings. The number of hydrogen-bond acceptors (Lipinski definition) is 3. The third kappa shape index (κ3) is 3.28. The molecule has 0 amide bonds. The summed E-state index contributed by atoms with van der Waals surface area (Å²) in [6.45, 7) is 7.34. The molecule has 100 valence electrons. The van der Waals surface area contributed by atoms with Crippen LogP contribution in [0.5, 0.6) is 0 Å². The molecule has 18 heavy (non-hydrogen) atoms. The van der Waals surface area contributed by atoms with E-state index in [2.05, 4.69) is 49.7 Å². The van der Waals surface area contributed by atoms with E-state index in [1.807, 2.05) is 0 Å². The first kappa shape index (κ1) is 13.9. The summed E-state index contributed by atoms with van der Waals surface area (Å²) in [6, 6.07) is 8.94. The molecule has 3 heteroatoms. The zero-order chi connectivity index (χ0) is 13.0. The van der Waals surface area contributed by atoms with Crippen molar-refractivity contribution in [2.24, 2.45) is 5.92 Å². The summed E-state index contributed by atoms with van der Waals surface area (Å²) in [7, 11) is 0. The third-order valence-corrected chi connectivity index (χ3v) is 4.32. The highest BCUT2D eigenvalue weighted by Crippen LogP contribution is 2.31. The van der Waals surface area contributed by atoms with Crippen LogP contribution in [0.25, 0.3) is 0 Å². The Bertz CT molecular complexity index is 357. The Morgan fingerprint density at radius 1 is 1.28 bits per heavy atom. The summed E-state index contributed by atoms with van der Waals surface area (Å²) in [5.41, 5.74) is 1.40. The minimum Gasteiger partial charge on any atom is -0.375 e. The lowest BCUT2D eigenvalue weighted by Crippen LogP contribution is -2.43. The van der Waals surface area contributed by atoms with Crippen molar-refractivity contribution in [3.8, 4) is 0 Å². The van der Waals surface area contributed by atoms with Crippen LogP contribution in [-0.4, -0.2) is 32.1 Å². The van der Waals surface area contributed by atoms with Gasteiger partial charge in [0.15, 0.2) is 0 Å². The normalized spacial score (nSPS) is 22.1. The van der Waals surface area contributed by atoms with Gasteiger partial charge in [-0.1, -0.05) is 26.0 Å². The van der Waals surface area contributed by atoms with E-state index in [1.54, 1.807) is 11.8 Å². The maximum Gasteiger partial charge on any atom is 0.0770 e. The summed E-state index contributed by atoms with van der Waals surface area (Å²) in [5.74, 6) is 1.07. The van der Waals surface area contributed by atoms with Crippen molar-refractivity contribution in [1.29, 1.82) is 0 Å². The Morgan fingerprint density at radius 3 is 2.50 bits per heavy atom. The number of nitrogens with one attached hydrogen (secondary N) is 1. The summed E-state index contributed by atoms with van der Waals surface area (Å²) in [4.78, 5) is 1.32. The standard InChI is InChI=1S/C15H23NOS/c1-11(2)15(14-10-16-8-9-17-14)12-4-6-13(18-3)7-5-12/h4-7,11,14-16H,8-10H2,1-3H3. The molecule has 2 unspecified atom stereocenters. The Balaban J connectivity index is 2.17. The second kappa shape index (κ2) is 6.60. The average molecular weight is 265 g/mol. The van der Waals surface area contributed by atoms with Crippen molar-refractivity contribution < 1.29 is 4.74 Å². The molecule has 1 aromatic rings. The smallest absolute Gasteiger partial charge is 0.0770 e. The van der Waals surface area contributed by atoms with Crippen LogP contribution in [0.1, 0.15) is 25.3 Å². The monoisotopic (exact) mass is 265 g/mol. The van der Waals surface area contributed by atoms with Crippen LogP contribution in [0.3, 0.4) is 0 Å². The Labute approximate surface area is 114 Å². The molecule has 1 aromatic carbocycles. The van der Waals surface area contributed by atoms with Crippen molar-refractivity contribution in [3.63, 3.8) is 0 Å². The van der Waals surface area contributed by atoms with Crippen LogP contribution in [0.4, 0.5) is 0 Å². The molecule has 0 radical (unpaired) electrons. The van der Waals surface area contributed by atoms with Gasteiger partial charge in [-0.15, -0.1) is 11.8 Å². The van der Waals surface area contributed by atoms with Crippen molar-refractivity contribution in [2.75, 3.05) is 26.0 Å². The summed E-state index contributed by atoms with van der Waals surface area (Å²) >= 11 is 1.79. The van der Waals surface area contributed by atoms with Gasteiger partial charge in [-0.05, 0) is 29.9 Å². The van der Waals surface area contributed by atoms with Gasteiger partial charge in [-0.25, -0.2) is 0 Å². The van der Waals surface area contributed by atoms with Gasteiger partial charge in [-0.2, -0.15) is 0 Å². The minimum atomic E-state index is 0.305. The lowest BCUT2D eigenvalue weighted by atomic mass is 9.83. The molecule has 2 atom stereocenters. The van der Waals surface area contributed by atoms with Crippen molar-refractivity contribution in [2.45, 2.75) is 30.8 Å². The second-order valence-corrected chi connectivity index (χ2v) is 6.04. The molecule has 1 aliphatic heterocycles. The highest BCUT2D eigenvalue weighted by atomic mass is 32.2. The number of hydrogen-bond donors (Lipinski definition) is 1. The van der Waals surface area contributed by atoms with E-state index >= 15 is 0 Å². The molecule has 0 aromatic heterocycles. The van der Waals surface area contributed by atoms with Gasteiger partial charge < -0.3 is 10.1 Å². The number of morpholine rings is 1. The molecule has 1 N–H and O–H groups in total. The molecule has 2 rings (SSSR count). The molecule has 0 aliphatic carbocycles. The predicted octanol–water partition coefficient (Wildman–Crippen LogP) is 3.14. The van der Waals surface area contributed by atoms with Gasteiger partial charge in [0.1, 0.15) is 0 Å². The highest BCUT2D eigenvalue weighted by molar-refractivity contribution is 7.98. The minimum absolute atomic E-state index is 0.305. The number of ether oxygens (including phenoxy) is 1. The van der Waals surface area contributed by atoms with Crippen LogP contribution < -0.4 is 5.32 Å². The third-order valence-electron chi connectivity index (χ3n) is 3.58. The summed E-state index contributed by atoms with van der Waals surface area (Å²) < 4.78 is 5.94. The molecular weight excluding hydrogens is 242 g/mol. The molecule has 0 bridgehead atoms. The molecule has 2 nitrogen and oxygen atoms in total. The fraction of sp³-hybridized carbons (Fsp3) is 0.600. The Morgan fingerprint density at radius 2 is 2.00 bits per heavy atom. The van der Waals surface area contributed by atoms with Crippen molar-refractivity contribution >= 4 is 11.8 Å². The number of benzene rings is 1. The first-order valence-corrected chi connectivity index (χ1v) is 7.91. The number of thioether (sulfide) groups is 1. The topological polar surface area (TPSA) is 21.3 Å². The zero-order valence-corrected chi connectivity index (χ0v) is 12.3. The summed E-state index contributed by atoms with van der Waals surface area (Å²) in [5, 5.41) is 3.43. The molecule has 0 saturated carbocycles. The fourth-order valence-corrected chi connectivity index (χ4v) is 3.08. The van der Waals surface area contributed by atoms with Crippen molar-refractivity contribution in [1.82, 2.24) is 5.32 Å². The van der Waals surface area contributed by atoms with E-state index in [0.717, 1.165) is 19.7 Å². The van der Waals surface area contributed by atoms with Crippen LogP contribution in [-0.2, 0) is 4.74 Å². The maximum absolute atomic E-state index is 5.94. The van der Waals surface area contributed by atoms with E-state index < -0.39 is 0 Å². The highest BCUT2D eigenvalue weighted by Gasteiger charge is 2.28. The molecule has 1 saturated heterocycles. The SMILES string of the molecule is CSc1ccc(C(C(C)C)C2CNCCO2)cc1. The van der Waals surface area contributed by atoms with Crippen LogP contribution in [0, 0.1) is 5.92 Å². The van der Waals surface area contributed by atoms with E-state index in [9.17, 15) is 0 Å². The van der Waals surface area contributed by atoms with Gasteiger partial charge in [0.05, 0.1) is 12.7 Å². The molecular formula is C15H23NOS. The average Bonchev–Trinajstić information content (AvgIpc) is 2.40. The second-order valence-electron chi connectivity index (χ2n) is 5.16. The van der Waals surface area contributed by atoms with Crippen LogP contribution >= 0.6 is 11.8 Å². The number of rotatable bonds is 4. The Hall–Kier alpha value is -0.510. The molecule has 0 spiro atoms. The van der Waals surface area contributed by atoms with E-state index in [1.165, 1.54) is 10.5 Å². The lowest BCUT2D eigenvalue weighted by Gasteiger charge is -2.33. The Kier molecular flexibility index (Phi) is 5.10. The fourth-order valence-electron chi connectivity index (χ4n) is 2.67. The maximum atomic E-state index is 5.94. The zero-order valence-electron chi connectivity index (χ0n) is 11.5. The lowest BCUT2D eigenvalue weighted by molar-refractivity contribution is 0.00141. The quantitative estimate of drug-likeness (QED) is 0.845. The predicted molar refractivity (Wildman–Crippen MR) is 78.4 cm³/mol. The van der Waals surface area contributed by atoms with Gasteiger partial charge in [0.25, 0.3) is 0 Å². The van der Waals surface area contributed by atoms with Crippen LogP contribution in [0.15, 0.2) is 29.2 Å². The summed E-state index contributed by atoms with van der Waals surface area (Å²) in [6.07, 6.45) is 2.42. The first-order chi connectivity index (χ1) is 8.72. The first-order valence-electron chi connectivity index (χ1n) is 6.68. The van der Waals surface area contributed by atoms with Gasteiger partial charge in [-0.3, -0.25) is 0 Å². The molecule has 1 fully saturated rings. The van der Waals surface area contributed by atoms with E-state index in [4.69, 9.17) is 4.74 Å².